The molecule has 1 aromatic rings. The molecule has 4 fully saturated rings. The maximum absolute atomic E-state index is 14.1. The molecule has 13 nitrogen and oxygen atoms in total. The third-order valence-corrected chi connectivity index (χ3v) is 8.61. The second kappa shape index (κ2) is 21.9. The summed E-state index contributed by atoms with van der Waals surface area (Å²) in [6, 6.07) is 6.99. The van der Waals surface area contributed by atoms with Gasteiger partial charge in [0.25, 0.3) is 11.8 Å². The lowest BCUT2D eigenvalue weighted by atomic mass is 10.1. The van der Waals surface area contributed by atoms with E-state index in [1.54, 1.807) is 24.3 Å². The lowest BCUT2D eigenvalue weighted by Gasteiger charge is -2.35. The fourth-order valence-electron chi connectivity index (χ4n) is 5.25. The average molecular weight is 692 g/mol. The van der Waals surface area contributed by atoms with Crippen LogP contribution in [0.25, 0.3) is 0 Å². The second-order valence-electron chi connectivity index (χ2n) is 13.2. The van der Waals surface area contributed by atoms with Crippen molar-refractivity contribution in [2.24, 2.45) is 0 Å². The van der Waals surface area contributed by atoms with Crippen LogP contribution in [0.5, 0.6) is 0 Å². The van der Waals surface area contributed by atoms with Gasteiger partial charge >= 0.3 is 0 Å². The number of nitrogens with one attached hydrogen (secondary N) is 1. The number of carbonyl (C=O) groups excluding carboxylic acids is 2. The van der Waals surface area contributed by atoms with Gasteiger partial charge in [-0.25, -0.2) is 5.01 Å². The van der Waals surface area contributed by atoms with Crippen LogP contribution in [0.3, 0.4) is 0 Å². The molecule has 0 spiro atoms. The van der Waals surface area contributed by atoms with Crippen LogP contribution in [0.2, 0.25) is 0 Å². The summed E-state index contributed by atoms with van der Waals surface area (Å²) in [4.78, 5) is 26.9. The largest absolute Gasteiger partial charge is 0.379 e. The number of hydrogen-bond acceptors (Lipinski definition) is 11. The fraction of sp³-hybridized carbons (Fsp3) is 0.778. The highest BCUT2D eigenvalue weighted by atomic mass is 16.6. The molecule has 4 aliphatic rings. The zero-order valence-electron chi connectivity index (χ0n) is 29.1. The van der Waals surface area contributed by atoms with Crippen LogP contribution >= 0.6 is 0 Å². The van der Waals surface area contributed by atoms with Gasteiger partial charge in [-0.2, -0.15) is 0 Å². The first-order chi connectivity index (χ1) is 24.2. The summed E-state index contributed by atoms with van der Waals surface area (Å²) in [5.41, 5.74) is 1.09. The van der Waals surface area contributed by atoms with Gasteiger partial charge in [-0.15, -0.1) is 0 Å². The van der Waals surface area contributed by atoms with E-state index in [0.29, 0.717) is 77.1 Å². The lowest BCUT2D eigenvalue weighted by Crippen LogP contribution is -2.48. The highest BCUT2D eigenvalue weighted by Crippen LogP contribution is 2.16. The predicted octanol–water partition coefficient (Wildman–Crippen LogP) is 2.86. The molecule has 0 saturated carbocycles. The molecule has 49 heavy (non-hydrogen) atoms. The van der Waals surface area contributed by atoms with E-state index in [2.05, 4.69) is 10.3 Å². The Balaban J connectivity index is 1.11. The monoisotopic (exact) mass is 691 g/mol. The van der Waals surface area contributed by atoms with E-state index < -0.39 is 0 Å². The molecular formula is C36H57N3O10. The van der Waals surface area contributed by atoms with Crippen LogP contribution in [0.4, 0.5) is 0 Å². The van der Waals surface area contributed by atoms with Crippen molar-refractivity contribution in [2.75, 3.05) is 105 Å². The van der Waals surface area contributed by atoms with Crippen molar-refractivity contribution in [3.63, 3.8) is 0 Å². The standard InChI is InChI=1S/C36H57N3O10/c40-35(37-13-1-5-17-42-21-31-25-46-31)29-9-11-30(12-10-29)36(41)39(16-4-8-20-45-24-34-28-49-34)38(14-2-6-18-43-22-32-26-47-32)15-3-7-19-44-23-33-27-48-33/h9-12,31-34H,1-8,13-28H2,(H,37,40). The van der Waals surface area contributed by atoms with Crippen molar-refractivity contribution in [1.29, 1.82) is 0 Å². The number of benzene rings is 1. The quantitative estimate of drug-likeness (QED) is 0.0699. The van der Waals surface area contributed by atoms with Crippen LogP contribution < -0.4 is 5.32 Å². The van der Waals surface area contributed by atoms with Gasteiger partial charge in [0.15, 0.2) is 0 Å². The molecule has 4 heterocycles. The van der Waals surface area contributed by atoms with E-state index in [-0.39, 0.29) is 36.2 Å². The summed E-state index contributed by atoms with van der Waals surface area (Å²) >= 11 is 0. The molecule has 4 aliphatic heterocycles. The Morgan fingerprint density at radius 1 is 0.571 bits per heavy atom. The molecule has 2 amide bonds. The van der Waals surface area contributed by atoms with Crippen LogP contribution in [0.1, 0.15) is 72.1 Å². The molecule has 276 valence electrons. The Kier molecular flexibility index (Phi) is 17.0. The minimum absolute atomic E-state index is 0.0693. The van der Waals surface area contributed by atoms with Gasteiger partial charge in [0.2, 0.25) is 0 Å². The molecule has 0 bridgehead atoms. The molecule has 0 aliphatic carbocycles. The summed E-state index contributed by atoms with van der Waals surface area (Å²) in [6.07, 6.45) is 7.99. The third kappa shape index (κ3) is 16.6. The van der Waals surface area contributed by atoms with Crippen LogP contribution in [-0.2, 0) is 37.9 Å². The molecule has 0 aromatic heterocycles. The van der Waals surface area contributed by atoms with E-state index in [0.717, 1.165) is 90.9 Å². The number of unbranched alkanes of at least 4 members (excludes halogenated alkanes) is 4. The Morgan fingerprint density at radius 3 is 1.39 bits per heavy atom. The first-order valence-electron chi connectivity index (χ1n) is 18.4. The molecule has 4 atom stereocenters. The number of amides is 2. The number of hydrazine groups is 1. The first kappa shape index (κ1) is 38.0. The SMILES string of the molecule is O=C(NCCCCOCC1CO1)c1ccc(C(=O)N(CCCCOCC2CO2)N(CCCCOCC2CO2)CCCCOCC2CO2)cc1. The Bertz CT molecular complexity index is 1060. The smallest absolute Gasteiger partial charge is 0.268 e. The van der Waals surface area contributed by atoms with Gasteiger partial charge in [0.05, 0.1) is 52.9 Å². The molecule has 1 aromatic carbocycles. The first-order valence-corrected chi connectivity index (χ1v) is 18.4. The number of rotatable bonds is 31. The maximum atomic E-state index is 14.1. The van der Waals surface area contributed by atoms with Crippen molar-refractivity contribution in [1.82, 2.24) is 15.3 Å². The van der Waals surface area contributed by atoms with E-state index in [1.165, 1.54) is 0 Å². The van der Waals surface area contributed by atoms with E-state index >= 15 is 0 Å². The summed E-state index contributed by atoms with van der Waals surface area (Å²) in [6.45, 7) is 11.0. The number of hydrogen-bond donors (Lipinski definition) is 1. The van der Waals surface area contributed by atoms with Gasteiger partial charge in [0, 0.05) is 63.7 Å². The minimum atomic E-state index is -0.146. The van der Waals surface area contributed by atoms with Crippen molar-refractivity contribution in [2.45, 2.75) is 75.8 Å². The summed E-state index contributed by atoms with van der Waals surface area (Å²) in [7, 11) is 0. The second-order valence-corrected chi connectivity index (χ2v) is 13.2. The van der Waals surface area contributed by atoms with Crippen molar-refractivity contribution >= 4 is 11.8 Å². The Labute approximate surface area is 291 Å². The van der Waals surface area contributed by atoms with Gasteiger partial charge in [-0.3, -0.25) is 14.6 Å². The van der Waals surface area contributed by atoms with Gasteiger partial charge in [-0.05, 0) is 75.6 Å². The number of nitrogens with zero attached hydrogens (tertiary/aromatic N) is 2. The molecule has 0 radical (unpaired) electrons. The fourth-order valence-corrected chi connectivity index (χ4v) is 5.25. The molecule has 4 saturated heterocycles. The van der Waals surface area contributed by atoms with E-state index in [1.807, 2.05) is 5.01 Å². The Morgan fingerprint density at radius 2 is 0.959 bits per heavy atom. The highest BCUT2D eigenvalue weighted by molar-refractivity contribution is 5.97. The number of epoxide rings is 4. The minimum Gasteiger partial charge on any atom is -0.379 e. The molecule has 4 unspecified atom stereocenters. The normalized spacial score (nSPS) is 21.9. The third-order valence-electron chi connectivity index (χ3n) is 8.61. The molecular weight excluding hydrogens is 634 g/mol. The van der Waals surface area contributed by atoms with Gasteiger partial charge in [-0.1, -0.05) is 0 Å². The highest BCUT2D eigenvalue weighted by Gasteiger charge is 2.26. The number of ether oxygens (including phenoxy) is 8. The Hall–Kier alpha value is -2.20. The molecule has 5 rings (SSSR count). The summed E-state index contributed by atoms with van der Waals surface area (Å²) < 4.78 is 43.7. The molecule has 1 N–H and O–H groups in total. The summed E-state index contributed by atoms with van der Waals surface area (Å²) in [5, 5.41) is 7.06. The van der Waals surface area contributed by atoms with Crippen LogP contribution in [0.15, 0.2) is 24.3 Å². The van der Waals surface area contributed by atoms with Gasteiger partial charge < -0.3 is 43.2 Å². The lowest BCUT2D eigenvalue weighted by molar-refractivity contribution is -0.0169. The molecule has 13 heteroatoms. The zero-order valence-corrected chi connectivity index (χ0v) is 29.1. The van der Waals surface area contributed by atoms with Crippen molar-refractivity contribution < 1.29 is 47.5 Å². The van der Waals surface area contributed by atoms with Crippen molar-refractivity contribution in [3.8, 4) is 0 Å². The number of carbonyl (C=O) groups is 2. The summed E-state index contributed by atoms with van der Waals surface area (Å²) in [5.74, 6) is -0.215. The van der Waals surface area contributed by atoms with Gasteiger partial charge in [0.1, 0.15) is 24.4 Å². The maximum Gasteiger partial charge on any atom is 0.268 e. The van der Waals surface area contributed by atoms with Crippen LogP contribution in [-0.4, -0.2) is 152 Å². The topological polar surface area (TPSA) is 140 Å². The van der Waals surface area contributed by atoms with E-state index in [9.17, 15) is 9.59 Å². The zero-order chi connectivity index (χ0) is 33.9. The average Bonchev–Trinajstić information content (AvgIpc) is 3.93. The van der Waals surface area contributed by atoms with E-state index in [4.69, 9.17) is 37.9 Å². The van der Waals surface area contributed by atoms with Crippen LogP contribution in [0, 0.1) is 0 Å². The van der Waals surface area contributed by atoms with Crippen molar-refractivity contribution in [3.05, 3.63) is 35.4 Å². The predicted molar refractivity (Wildman–Crippen MR) is 181 cm³/mol.